The van der Waals surface area contributed by atoms with Crippen LogP contribution in [0.15, 0.2) is 17.2 Å². The van der Waals surface area contributed by atoms with E-state index in [1.807, 2.05) is 34.6 Å². The molecular weight excluding hydrogens is 266 g/mol. The van der Waals surface area contributed by atoms with Gasteiger partial charge in [0.2, 0.25) is 10.0 Å². The van der Waals surface area contributed by atoms with Crippen LogP contribution in [0.5, 0.6) is 0 Å². The Morgan fingerprint density at radius 2 is 1.89 bits per heavy atom. The number of hydrogen-bond donors (Lipinski definition) is 2. The fourth-order valence-electron chi connectivity index (χ4n) is 1.62. The van der Waals surface area contributed by atoms with Gasteiger partial charge >= 0.3 is 0 Å². The molecule has 0 aliphatic carbocycles. The fraction of sp³-hybridized carbons (Fsp3) is 0.583. The van der Waals surface area contributed by atoms with Gasteiger partial charge in [-0.1, -0.05) is 0 Å². The summed E-state index contributed by atoms with van der Waals surface area (Å²) in [5.41, 5.74) is -0.112. The van der Waals surface area contributed by atoms with Crippen LogP contribution in [0.1, 0.15) is 51.1 Å². The van der Waals surface area contributed by atoms with Crippen molar-refractivity contribution in [1.29, 1.82) is 0 Å². The number of nitrogens with two attached hydrogens (primary N) is 1. The number of nitrogens with one attached hydrogen (secondary N) is 1. The summed E-state index contributed by atoms with van der Waals surface area (Å²) in [5, 5.41) is 7.89. The minimum atomic E-state index is -3.82. The van der Waals surface area contributed by atoms with Crippen molar-refractivity contribution in [1.82, 2.24) is 9.88 Å². The zero-order chi connectivity index (χ0) is 15.0. The number of carbonyl (C=O) groups excluding carboxylic acids is 1. The highest BCUT2D eigenvalue weighted by molar-refractivity contribution is 7.89. The van der Waals surface area contributed by atoms with Crippen molar-refractivity contribution >= 4 is 15.9 Å². The molecule has 1 heterocycles. The molecule has 108 valence electrons. The molecule has 1 amide bonds. The lowest BCUT2D eigenvalue weighted by Gasteiger charge is -2.21. The summed E-state index contributed by atoms with van der Waals surface area (Å²) in [5.74, 6) is -0.323. The van der Waals surface area contributed by atoms with Gasteiger partial charge in [0, 0.05) is 17.8 Å². The van der Waals surface area contributed by atoms with Crippen LogP contribution in [0.4, 0.5) is 0 Å². The first-order valence-corrected chi connectivity index (χ1v) is 7.53. The predicted octanol–water partition coefficient (Wildman–Crippen LogP) is 1.24. The van der Waals surface area contributed by atoms with Crippen LogP contribution in [0.25, 0.3) is 0 Å². The van der Waals surface area contributed by atoms with Crippen molar-refractivity contribution in [2.24, 2.45) is 5.14 Å². The van der Waals surface area contributed by atoms with E-state index in [1.165, 1.54) is 12.3 Å². The highest BCUT2D eigenvalue weighted by atomic mass is 32.2. The molecule has 0 aliphatic rings. The maximum atomic E-state index is 12.2. The second kappa shape index (κ2) is 4.97. The fourth-order valence-corrected chi connectivity index (χ4v) is 2.16. The average molecular weight is 287 g/mol. The zero-order valence-electron chi connectivity index (χ0n) is 11.9. The summed E-state index contributed by atoms with van der Waals surface area (Å²) in [6.45, 7) is 9.29. The second-order valence-electron chi connectivity index (χ2n) is 5.81. The van der Waals surface area contributed by atoms with E-state index >= 15 is 0 Å². The molecule has 0 atom stereocenters. The second-order valence-corrected chi connectivity index (χ2v) is 7.37. The van der Waals surface area contributed by atoms with E-state index in [4.69, 9.17) is 5.14 Å². The topological polar surface area (TPSA) is 94.2 Å². The number of primary sulfonamides is 1. The van der Waals surface area contributed by atoms with Gasteiger partial charge in [-0.25, -0.2) is 13.6 Å². The Morgan fingerprint density at radius 3 is 2.26 bits per heavy atom. The number of carbonyl (C=O) groups is 1. The van der Waals surface area contributed by atoms with Crippen LogP contribution in [0, 0.1) is 0 Å². The molecule has 1 aromatic rings. The molecule has 0 aliphatic heterocycles. The maximum absolute atomic E-state index is 12.2. The molecule has 0 aromatic carbocycles. The molecule has 0 saturated carbocycles. The van der Waals surface area contributed by atoms with Crippen molar-refractivity contribution in [2.75, 3.05) is 0 Å². The van der Waals surface area contributed by atoms with Gasteiger partial charge in [0.25, 0.3) is 5.91 Å². The van der Waals surface area contributed by atoms with Crippen molar-refractivity contribution in [3.8, 4) is 0 Å². The largest absolute Gasteiger partial charge is 0.346 e. The van der Waals surface area contributed by atoms with Gasteiger partial charge in [0.1, 0.15) is 10.6 Å². The first kappa shape index (κ1) is 15.7. The Balaban J connectivity index is 3.27. The molecule has 0 spiro atoms. The zero-order valence-corrected chi connectivity index (χ0v) is 12.7. The van der Waals surface area contributed by atoms with E-state index in [-0.39, 0.29) is 22.5 Å². The number of hydrogen-bond acceptors (Lipinski definition) is 3. The van der Waals surface area contributed by atoms with Gasteiger partial charge in [-0.3, -0.25) is 4.79 Å². The van der Waals surface area contributed by atoms with Gasteiger partial charge in [0.15, 0.2) is 0 Å². The Labute approximate surface area is 114 Å². The summed E-state index contributed by atoms with van der Waals surface area (Å²) in [7, 11) is -3.82. The van der Waals surface area contributed by atoms with Gasteiger partial charge in [-0.2, -0.15) is 0 Å². The summed E-state index contributed by atoms with van der Waals surface area (Å²) in [4.78, 5) is 12.1. The van der Waals surface area contributed by atoms with Crippen molar-refractivity contribution in [3.05, 3.63) is 18.0 Å². The number of nitrogens with zero attached hydrogens (tertiary/aromatic N) is 1. The van der Waals surface area contributed by atoms with Crippen molar-refractivity contribution < 1.29 is 13.2 Å². The molecule has 1 rings (SSSR count). The molecule has 7 heteroatoms. The molecule has 3 N–H and O–H groups in total. The summed E-state index contributed by atoms with van der Waals surface area (Å²) < 4.78 is 24.3. The Kier molecular flexibility index (Phi) is 4.11. The number of rotatable bonds is 3. The molecule has 0 unspecified atom stereocenters. The molecule has 0 bridgehead atoms. The smallest absolute Gasteiger partial charge is 0.268 e. The maximum Gasteiger partial charge on any atom is 0.268 e. The van der Waals surface area contributed by atoms with Crippen LogP contribution in [-0.4, -0.2) is 24.4 Å². The van der Waals surface area contributed by atoms with Gasteiger partial charge in [0.05, 0.1) is 0 Å². The number of sulfonamides is 1. The first-order chi connectivity index (χ1) is 8.42. The standard InChI is InChI=1S/C12H21N3O3S/c1-8(2)15-7-9(19(13,17)18)6-10(15)11(16)14-12(3,4)5/h6-8H,1-5H3,(H,14,16)(H2,13,17,18). The Morgan fingerprint density at radius 1 is 1.37 bits per heavy atom. The van der Waals surface area contributed by atoms with Crippen LogP contribution in [0.2, 0.25) is 0 Å². The van der Waals surface area contributed by atoms with Crippen LogP contribution in [-0.2, 0) is 10.0 Å². The lowest BCUT2D eigenvalue weighted by atomic mass is 10.1. The Bertz CT molecular complexity index is 580. The van der Waals surface area contributed by atoms with Crippen LogP contribution < -0.4 is 10.5 Å². The van der Waals surface area contributed by atoms with Gasteiger partial charge in [-0.15, -0.1) is 0 Å². The Hall–Kier alpha value is -1.34. The molecule has 0 fully saturated rings. The lowest BCUT2D eigenvalue weighted by molar-refractivity contribution is 0.0908. The minimum Gasteiger partial charge on any atom is -0.346 e. The third kappa shape index (κ3) is 4.07. The lowest BCUT2D eigenvalue weighted by Crippen LogP contribution is -2.41. The highest BCUT2D eigenvalue weighted by Gasteiger charge is 2.23. The van der Waals surface area contributed by atoms with E-state index in [0.717, 1.165) is 0 Å². The van der Waals surface area contributed by atoms with E-state index in [9.17, 15) is 13.2 Å². The molecule has 19 heavy (non-hydrogen) atoms. The first-order valence-electron chi connectivity index (χ1n) is 5.99. The average Bonchev–Trinajstić information content (AvgIpc) is 2.57. The summed E-state index contributed by atoms with van der Waals surface area (Å²) >= 11 is 0. The highest BCUT2D eigenvalue weighted by Crippen LogP contribution is 2.18. The molecule has 1 aromatic heterocycles. The number of aromatic nitrogens is 1. The molecule has 6 nitrogen and oxygen atoms in total. The number of amides is 1. The quantitative estimate of drug-likeness (QED) is 0.875. The van der Waals surface area contributed by atoms with E-state index in [1.54, 1.807) is 4.57 Å². The van der Waals surface area contributed by atoms with Crippen LogP contribution in [0.3, 0.4) is 0 Å². The van der Waals surface area contributed by atoms with E-state index < -0.39 is 15.6 Å². The molecule has 0 saturated heterocycles. The predicted molar refractivity (Wildman–Crippen MR) is 73.4 cm³/mol. The SMILES string of the molecule is CC(C)n1cc(S(N)(=O)=O)cc1C(=O)NC(C)(C)C. The van der Waals surface area contributed by atoms with Gasteiger partial charge < -0.3 is 9.88 Å². The minimum absolute atomic E-state index is 0.0452. The van der Waals surface area contributed by atoms with E-state index in [0.29, 0.717) is 0 Å². The molecular formula is C12H21N3O3S. The van der Waals surface area contributed by atoms with Crippen molar-refractivity contribution in [2.45, 2.75) is 51.1 Å². The van der Waals surface area contributed by atoms with Crippen LogP contribution >= 0.6 is 0 Å². The third-order valence-corrected chi connectivity index (χ3v) is 3.31. The molecule has 0 radical (unpaired) electrons. The van der Waals surface area contributed by atoms with E-state index in [2.05, 4.69) is 5.32 Å². The summed E-state index contributed by atoms with van der Waals surface area (Å²) in [6.07, 6.45) is 1.39. The van der Waals surface area contributed by atoms with Crippen molar-refractivity contribution in [3.63, 3.8) is 0 Å². The summed E-state index contributed by atoms with van der Waals surface area (Å²) in [6, 6.07) is 1.26. The third-order valence-electron chi connectivity index (χ3n) is 2.43. The van der Waals surface area contributed by atoms with Gasteiger partial charge in [-0.05, 0) is 40.7 Å². The monoisotopic (exact) mass is 287 g/mol. The normalized spacial score (nSPS) is 12.8.